The van der Waals surface area contributed by atoms with Crippen molar-refractivity contribution in [2.45, 2.75) is 25.7 Å². The molecule has 2 aromatic carbocycles. The first-order valence-corrected chi connectivity index (χ1v) is 9.59. The first-order chi connectivity index (χ1) is 15.1. The molecule has 0 aliphatic carbocycles. The van der Waals surface area contributed by atoms with Crippen molar-refractivity contribution in [2.75, 3.05) is 6.54 Å². The molecule has 0 fully saturated rings. The van der Waals surface area contributed by atoms with E-state index in [2.05, 4.69) is 15.4 Å². The Hall–Kier alpha value is -3.89. The number of esters is 1. The number of benzene rings is 2. The van der Waals surface area contributed by atoms with Crippen LogP contribution in [0.15, 0.2) is 47.7 Å². The number of halogens is 3. The Balaban J connectivity index is 1.73. The summed E-state index contributed by atoms with van der Waals surface area (Å²) in [4.78, 5) is 51.3. The second kappa shape index (κ2) is 7.66. The van der Waals surface area contributed by atoms with Crippen molar-refractivity contribution in [3.8, 4) is 0 Å². The van der Waals surface area contributed by atoms with E-state index in [1.165, 1.54) is 19.1 Å². The highest BCUT2D eigenvalue weighted by Gasteiger charge is 2.42. The summed E-state index contributed by atoms with van der Waals surface area (Å²) in [6.07, 6.45) is -5.24. The van der Waals surface area contributed by atoms with Gasteiger partial charge in [0.2, 0.25) is 0 Å². The van der Waals surface area contributed by atoms with Gasteiger partial charge in [0.15, 0.2) is 0 Å². The molecule has 4 amide bonds. The van der Waals surface area contributed by atoms with Crippen molar-refractivity contribution in [3.63, 3.8) is 0 Å². The van der Waals surface area contributed by atoms with Crippen LogP contribution in [-0.2, 0) is 9.53 Å². The van der Waals surface area contributed by atoms with Crippen LogP contribution in [0.5, 0.6) is 0 Å². The Morgan fingerprint density at radius 2 is 1.66 bits per heavy atom. The fourth-order valence-electron chi connectivity index (χ4n) is 3.95. The van der Waals surface area contributed by atoms with Gasteiger partial charge in [-0.2, -0.15) is 0 Å². The summed E-state index contributed by atoms with van der Waals surface area (Å²) in [6.45, 7) is 0.967. The minimum absolute atomic E-state index is 0.0102. The molecule has 0 radical (unpaired) electrons. The van der Waals surface area contributed by atoms with Crippen molar-refractivity contribution >= 4 is 34.6 Å². The summed E-state index contributed by atoms with van der Waals surface area (Å²) in [5, 5.41) is 5.74. The predicted molar refractivity (Wildman–Crippen MR) is 104 cm³/mol. The highest BCUT2D eigenvalue weighted by atomic mass is 19.4. The second-order valence-corrected chi connectivity index (χ2v) is 7.16. The van der Waals surface area contributed by atoms with E-state index < -0.39 is 48.3 Å². The fraction of sp³-hybridized carbons (Fsp3) is 0.238. The lowest BCUT2D eigenvalue weighted by atomic mass is 9.93. The van der Waals surface area contributed by atoms with Crippen LogP contribution in [0.2, 0.25) is 0 Å². The van der Waals surface area contributed by atoms with E-state index in [4.69, 9.17) is 0 Å². The SMILES string of the molecule is CCC1=C(C(=O)OC(F)(F)F)C(CN2C(=O)c3cccc4cccc(c34)C2=O)NC(=O)N1. The summed E-state index contributed by atoms with van der Waals surface area (Å²) in [5.74, 6) is -3.10. The fourth-order valence-corrected chi connectivity index (χ4v) is 3.95. The molecule has 2 aliphatic rings. The topological polar surface area (TPSA) is 105 Å². The van der Waals surface area contributed by atoms with Crippen molar-refractivity contribution < 1.29 is 37.1 Å². The van der Waals surface area contributed by atoms with E-state index >= 15 is 0 Å². The van der Waals surface area contributed by atoms with E-state index in [0.717, 1.165) is 4.90 Å². The number of nitrogens with one attached hydrogen (secondary N) is 2. The lowest BCUT2D eigenvalue weighted by Crippen LogP contribution is -2.56. The molecular weight excluding hydrogens is 431 g/mol. The van der Waals surface area contributed by atoms with Gasteiger partial charge in [-0.1, -0.05) is 31.2 Å². The van der Waals surface area contributed by atoms with Crippen LogP contribution in [0.25, 0.3) is 10.8 Å². The van der Waals surface area contributed by atoms with Crippen LogP contribution in [0.4, 0.5) is 18.0 Å². The summed E-state index contributed by atoms with van der Waals surface area (Å²) < 4.78 is 41.6. The minimum Gasteiger partial charge on any atom is -0.369 e. The van der Waals surface area contributed by atoms with E-state index in [1.807, 2.05) is 0 Å². The maximum Gasteiger partial charge on any atom is 0.575 e. The number of imide groups is 1. The van der Waals surface area contributed by atoms with Gasteiger partial charge in [-0.05, 0) is 23.9 Å². The van der Waals surface area contributed by atoms with Crippen LogP contribution in [0.3, 0.4) is 0 Å². The Morgan fingerprint density at radius 3 is 2.19 bits per heavy atom. The van der Waals surface area contributed by atoms with Gasteiger partial charge in [-0.25, -0.2) is 9.59 Å². The molecule has 1 unspecified atom stereocenters. The Kier molecular flexibility index (Phi) is 5.11. The van der Waals surface area contributed by atoms with Crippen molar-refractivity contribution in [3.05, 3.63) is 58.8 Å². The normalized spacial score (nSPS) is 18.6. The van der Waals surface area contributed by atoms with Gasteiger partial charge >= 0.3 is 18.4 Å². The summed E-state index contributed by atoms with van der Waals surface area (Å²) in [7, 11) is 0. The predicted octanol–water partition coefficient (Wildman–Crippen LogP) is 2.84. The molecule has 32 heavy (non-hydrogen) atoms. The number of allylic oxidation sites excluding steroid dienone is 1. The van der Waals surface area contributed by atoms with Crippen molar-refractivity contribution in [2.24, 2.45) is 0 Å². The molecule has 2 N–H and O–H groups in total. The average Bonchev–Trinajstić information content (AvgIpc) is 2.73. The summed E-state index contributed by atoms with van der Waals surface area (Å²) >= 11 is 0. The van der Waals surface area contributed by atoms with Gasteiger partial charge in [-0.3, -0.25) is 14.5 Å². The molecule has 2 heterocycles. The maximum absolute atomic E-state index is 13.1. The zero-order valence-electron chi connectivity index (χ0n) is 16.6. The van der Waals surface area contributed by atoms with Crippen LogP contribution in [0.1, 0.15) is 34.1 Å². The highest BCUT2D eigenvalue weighted by Crippen LogP contribution is 2.31. The molecule has 0 saturated heterocycles. The maximum atomic E-state index is 13.1. The smallest absolute Gasteiger partial charge is 0.369 e. The molecule has 2 aromatic rings. The monoisotopic (exact) mass is 447 g/mol. The molecule has 166 valence electrons. The number of nitrogens with zero attached hydrogens (tertiary/aromatic N) is 1. The Bertz CT molecular complexity index is 1150. The summed E-state index contributed by atoms with van der Waals surface area (Å²) in [6, 6.07) is 7.64. The van der Waals surface area contributed by atoms with E-state index in [0.29, 0.717) is 10.8 Å². The Morgan fingerprint density at radius 1 is 1.06 bits per heavy atom. The third kappa shape index (κ3) is 3.66. The van der Waals surface area contributed by atoms with Crippen LogP contribution in [0, 0.1) is 0 Å². The number of urea groups is 1. The molecule has 1 atom stereocenters. The highest BCUT2D eigenvalue weighted by molar-refractivity contribution is 6.25. The molecule has 0 aromatic heterocycles. The number of carbonyl (C=O) groups is 4. The van der Waals surface area contributed by atoms with E-state index in [1.54, 1.807) is 24.3 Å². The first kappa shape index (κ1) is 21.3. The Labute approximate surface area is 179 Å². The van der Waals surface area contributed by atoms with Gasteiger partial charge in [-0.15, -0.1) is 13.2 Å². The van der Waals surface area contributed by atoms with E-state index in [-0.39, 0.29) is 23.2 Å². The van der Waals surface area contributed by atoms with Gasteiger partial charge in [0.25, 0.3) is 11.8 Å². The van der Waals surface area contributed by atoms with E-state index in [9.17, 15) is 32.3 Å². The van der Waals surface area contributed by atoms with Crippen molar-refractivity contribution in [1.29, 1.82) is 0 Å². The van der Waals surface area contributed by atoms with Gasteiger partial charge in [0.05, 0.1) is 18.2 Å². The molecular formula is C21H16F3N3O5. The third-order valence-corrected chi connectivity index (χ3v) is 5.25. The molecule has 2 aliphatic heterocycles. The van der Waals surface area contributed by atoms with Gasteiger partial charge < -0.3 is 15.4 Å². The molecule has 4 rings (SSSR count). The average molecular weight is 447 g/mol. The number of rotatable bonds is 4. The second-order valence-electron chi connectivity index (χ2n) is 7.16. The molecule has 0 spiro atoms. The molecule has 8 nitrogen and oxygen atoms in total. The first-order valence-electron chi connectivity index (χ1n) is 9.59. The zero-order valence-corrected chi connectivity index (χ0v) is 16.6. The molecule has 0 bridgehead atoms. The number of carbonyl (C=O) groups excluding carboxylic acids is 4. The number of hydrogen-bond donors (Lipinski definition) is 2. The van der Waals surface area contributed by atoms with Crippen molar-refractivity contribution in [1.82, 2.24) is 15.5 Å². The van der Waals surface area contributed by atoms with Crippen LogP contribution in [-0.4, -0.2) is 47.7 Å². The number of ether oxygens (including phenoxy) is 1. The standard InChI is InChI=1S/C21H16F3N3O5/c1-2-13-16(19(30)32-21(22,23)24)14(26-20(31)25-13)9-27-17(28)11-7-3-5-10-6-4-8-12(15(10)11)18(27)29/h3-8,14H,2,9H2,1H3,(H2,25,26,31). The quantitative estimate of drug-likeness (QED) is 0.554. The molecule has 0 saturated carbocycles. The zero-order chi connectivity index (χ0) is 23.2. The number of alkyl halides is 3. The lowest BCUT2D eigenvalue weighted by molar-refractivity contribution is -0.303. The number of hydrogen-bond acceptors (Lipinski definition) is 5. The number of amides is 4. The van der Waals surface area contributed by atoms with Gasteiger partial charge in [0.1, 0.15) is 0 Å². The third-order valence-electron chi connectivity index (χ3n) is 5.25. The summed E-state index contributed by atoms with van der Waals surface area (Å²) in [5.41, 5.74) is -0.136. The molecule has 11 heteroatoms. The lowest BCUT2D eigenvalue weighted by Gasteiger charge is -2.34. The minimum atomic E-state index is -5.25. The van der Waals surface area contributed by atoms with Crippen LogP contribution >= 0.6 is 0 Å². The van der Waals surface area contributed by atoms with Gasteiger partial charge in [0, 0.05) is 22.2 Å². The van der Waals surface area contributed by atoms with Crippen LogP contribution < -0.4 is 10.6 Å². The largest absolute Gasteiger partial charge is 0.575 e.